The van der Waals surface area contributed by atoms with Crippen molar-refractivity contribution in [1.82, 2.24) is 0 Å². The quantitative estimate of drug-likeness (QED) is 0.154. The van der Waals surface area contributed by atoms with Crippen LogP contribution in [0.25, 0.3) is 10.8 Å². The van der Waals surface area contributed by atoms with Crippen molar-refractivity contribution < 1.29 is 26.1 Å². The van der Waals surface area contributed by atoms with Gasteiger partial charge in [-0.15, -0.1) is 0 Å². The molecule has 0 saturated heterocycles. The molecule has 176 valence electrons. The molecule has 0 aliphatic rings. The summed E-state index contributed by atoms with van der Waals surface area (Å²) in [5.41, 5.74) is 2.84. The topological polar surface area (TPSA) is 78.7 Å². The van der Waals surface area contributed by atoms with Gasteiger partial charge in [0.05, 0.1) is 0 Å². The van der Waals surface area contributed by atoms with Crippen molar-refractivity contribution in [2.45, 2.75) is 12.8 Å². The monoisotopic (exact) mass is 502 g/mol. The predicted octanol–water partition coefficient (Wildman–Crippen LogP) is 6.63. The SMILES string of the molecule is [N-]=C(CC(=O)c1ccccc1)c1ccccc1.[N-]=C(CC(=O)c1ccccc1)c1ccccc1.[Ni+2]. The molecule has 5 heteroatoms. The second kappa shape index (κ2) is 14.3. The van der Waals surface area contributed by atoms with Crippen LogP contribution in [0.3, 0.4) is 0 Å². The molecule has 4 aromatic carbocycles. The molecular formula is C30H24N2NiO2. The maximum absolute atomic E-state index is 11.8. The van der Waals surface area contributed by atoms with Crippen molar-refractivity contribution >= 4 is 23.0 Å². The van der Waals surface area contributed by atoms with Crippen molar-refractivity contribution in [2.75, 3.05) is 0 Å². The molecule has 4 nitrogen and oxygen atoms in total. The number of rotatable bonds is 8. The van der Waals surface area contributed by atoms with Crippen molar-refractivity contribution in [1.29, 1.82) is 0 Å². The first kappa shape index (κ1) is 27.3. The second-order valence-electron chi connectivity index (χ2n) is 7.56. The normalized spacial score (nSPS) is 9.60. The Labute approximate surface area is 216 Å². The zero-order valence-electron chi connectivity index (χ0n) is 19.0. The van der Waals surface area contributed by atoms with Crippen molar-refractivity contribution in [3.63, 3.8) is 0 Å². The van der Waals surface area contributed by atoms with Gasteiger partial charge < -0.3 is 10.8 Å². The fourth-order valence-electron chi connectivity index (χ4n) is 3.22. The summed E-state index contributed by atoms with van der Waals surface area (Å²) in [6.07, 6.45) is 0.0715. The van der Waals surface area contributed by atoms with Gasteiger partial charge in [-0.2, -0.15) is 11.4 Å². The maximum Gasteiger partial charge on any atom is 2.00 e. The number of Topliss-reactive ketones (excluding diaryl/α,β-unsaturated/α-hetero) is 2. The Kier molecular flexibility index (Phi) is 11.2. The molecule has 0 atom stereocenters. The summed E-state index contributed by atoms with van der Waals surface area (Å²) in [6, 6.07) is 36.2. The maximum atomic E-state index is 11.8. The minimum absolute atomic E-state index is 0. The van der Waals surface area contributed by atoms with Crippen LogP contribution in [0.1, 0.15) is 44.7 Å². The fraction of sp³-hybridized carbons (Fsp3) is 0.0667. The standard InChI is InChI=1S/2C15H12NO.Ni/c2*16-14(12-7-3-1-4-8-12)11-15(17)13-9-5-2-6-10-13;/h2*1-10H,11H2;/q2*-1;+2. The van der Waals surface area contributed by atoms with Gasteiger partial charge in [0.25, 0.3) is 0 Å². The summed E-state index contributed by atoms with van der Waals surface area (Å²) in [4.78, 5) is 23.7. The van der Waals surface area contributed by atoms with E-state index in [9.17, 15) is 20.4 Å². The summed E-state index contributed by atoms with van der Waals surface area (Å²) < 4.78 is 0. The van der Waals surface area contributed by atoms with Gasteiger partial charge in [0.2, 0.25) is 0 Å². The van der Waals surface area contributed by atoms with E-state index in [2.05, 4.69) is 0 Å². The number of ketones is 2. The van der Waals surface area contributed by atoms with E-state index in [0.717, 1.165) is 0 Å². The number of hydrogen-bond acceptors (Lipinski definition) is 2. The molecular weight excluding hydrogens is 479 g/mol. The van der Waals surface area contributed by atoms with Crippen LogP contribution in [-0.4, -0.2) is 23.0 Å². The Bertz CT molecular complexity index is 1040. The molecule has 0 radical (unpaired) electrons. The first-order valence-corrected chi connectivity index (χ1v) is 10.9. The van der Waals surface area contributed by atoms with Crippen LogP contribution in [0.5, 0.6) is 0 Å². The van der Waals surface area contributed by atoms with E-state index >= 15 is 0 Å². The van der Waals surface area contributed by atoms with Crippen LogP contribution in [0, 0.1) is 0 Å². The molecule has 0 bridgehead atoms. The van der Waals surface area contributed by atoms with Gasteiger partial charge in [-0.25, -0.2) is 0 Å². The molecule has 0 aliphatic heterocycles. The molecule has 4 aromatic rings. The molecule has 4 rings (SSSR count). The van der Waals surface area contributed by atoms with E-state index in [1.54, 1.807) is 48.5 Å². The Morgan fingerprint density at radius 2 is 0.657 bits per heavy atom. The van der Waals surface area contributed by atoms with Crippen LogP contribution < -0.4 is 0 Å². The third kappa shape index (κ3) is 8.73. The van der Waals surface area contributed by atoms with Crippen molar-refractivity contribution in [3.05, 3.63) is 154 Å². The first-order chi connectivity index (χ1) is 16.5. The van der Waals surface area contributed by atoms with Crippen LogP contribution >= 0.6 is 0 Å². The third-order valence-electron chi connectivity index (χ3n) is 5.06. The molecule has 0 aliphatic carbocycles. The average Bonchev–Trinajstić information content (AvgIpc) is 2.91. The number of carbonyl (C=O) groups is 2. The van der Waals surface area contributed by atoms with E-state index < -0.39 is 0 Å². The number of hydrogen-bond donors (Lipinski definition) is 0. The van der Waals surface area contributed by atoms with Gasteiger partial charge in [0, 0.05) is 24.0 Å². The van der Waals surface area contributed by atoms with Gasteiger partial charge in [-0.3, -0.25) is 9.59 Å². The second-order valence-corrected chi connectivity index (χ2v) is 7.56. The Balaban J connectivity index is 0.000000240. The number of benzene rings is 4. The Morgan fingerprint density at radius 3 is 0.914 bits per heavy atom. The zero-order valence-corrected chi connectivity index (χ0v) is 20.0. The van der Waals surface area contributed by atoms with Gasteiger partial charge in [-0.1, -0.05) is 121 Å². The largest absolute Gasteiger partial charge is 2.00 e. The van der Waals surface area contributed by atoms with Crippen molar-refractivity contribution in [2.24, 2.45) is 0 Å². The molecule has 0 unspecified atom stereocenters. The molecule has 0 N–H and O–H groups in total. The summed E-state index contributed by atoms with van der Waals surface area (Å²) in [7, 11) is 0. The van der Waals surface area contributed by atoms with E-state index in [4.69, 9.17) is 0 Å². The van der Waals surface area contributed by atoms with Gasteiger partial charge in [0.15, 0.2) is 11.6 Å². The first-order valence-electron chi connectivity index (χ1n) is 10.9. The summed E-state index contributed by atoms with van der Waals surface area (Å²) in [6.45, 7) is 0. The number of carbonyl (C=O) groups excluding carboxylic acids is 2. The van der Waals surface area contributed by atoms with Crippen molar-refractivity contribution in [3.8, 4) is 0 Å². The molecule has 0 saturated carbocycles. The fourth-order valence-corrected chi connectivity index (χ4v) is 3.22. The summed E-state index contributed by atoms with van der Waals surface area (Å²) in [5.74, 6) is -0.154. The van der Waals surface area contributed by atoms with Crippen LogP contribution in [-0.2, 0) is 16.5 Å². The summed E-state index contributed by atoms with van der Waals surface area (Å²) in [5, 5.41) is 19.7. The van der Waals surface area contributed by atoms with Crippen LogP contribution in [0.2, 0.25) is 0 Å². The summed E-state index contributed by atoms with van der Waals surface area (Å²) >= 11 is 0. The smallest absolute Gasteiger partial charge is 0.807 e. The van der Waals surface area contributed by atoms with E-state index in [1.165, 1.54) is 0 Å². The third-order valence-corrected chi connectivity index (χ3v) is 5.06. The minimum atomic E-state index is -0.0769. The molecule has 0 spiro atoms. The van der Waals surface area contributed by atoms with Gasteiger partial charge in [-0.05, 0) is 11.1 Å². The minimum Gasteiger partial charge on any atom is -0.807 e. The molecule has 0 fully saturated rings. The van der Waals surface area contributed by atoms with E-state index in [0.29, 0.717) is 22.3 Å². The average molecular weight is 503 g/mol. The van der Waals surface area contributed by atoms with Gasteiger partial charge >= 0.3 is 16.5 Å². The zero-order chi connectivity index (χ0) is 24.2. The van der Waals surface area contributed by atoms with E-state index in [1.807, 2.05) is 72.8 Å². The molecule has 0 amide bonds. The molecule has 35 heavy (non-hydrogen) atoms. The predicted molar refractivity (Wildman–Crippen MR) is 139 cm³/mol. The number of nitrogens with zero attached hydrogens (tertiary/aromatic N) is 2. The molecule has 0 aromatic heterocycles. The molecule has 0 heterocycles. The van der Waals surface area contributed by atoms with Crippen LogP contribution in [0.15, 0.2) is 121 Å². The Morgan fingerprint density at radius 1 is 0.429 bits per heavy atom. The Hall–Kier alpha value is -3.95. The van der Waals surface area contributed by atoms with Crippen LogP contribution in [0.4, 0.5) is 0 Å². The van der Waals surface area contributed by atoms with E-state index in [-0.39, 0.29) is 52.3 Å². The van der Waals surface area contributed by atoms with Gasteiger partial charge in [0.1, 0.15) is 0 Å².